The second-order valence-electron chi connectivity index (χ2n) is 5.62. The average Bonchev–Trinajstić information content (AvgIpc) is 3.06. The van der Waals surface area contributed by atoms with Gasteiger partial charge >= 0.3 is 0 Å². The van der Waals surface area contributed by atoms with E-state index in [-0.39, 0.29) is 18.5 Å². The lowest BCUT2D eigenvalue weighted by molar-refractivity contribution is 0.0863. The molecule has 0 bridgehead atoms. The van der Waals surface area contributed by atoms with Crippen molar-refractivity contribution < 1.29 is 13.9 Å². The topological polar surface area (TPSA) is 43.3 Å². The third kappa shape index (κ3) is 3.95. The molecule has 2 aromatic carbocycles. The monoisotopic (exact) mass is 338 g/mol. The van der Waals surface area contributed by atoms with Crippen LogP contribution < -0.4 is 5.32 Å². The fourth-order valence-corrected chi connectivity index (χ4v) is 2.70. The van der Waals surface area contributed by atoms with E-state index in [1.54, 1.807) is 18.2 Å². The first kappa shape index (κ1) is 16.9. The molecule has 0 unspecified atom stereocenters. The van der Waals surface area contributed by atoms with Gasteiger partial charge in [0.25, 0.3) is 5.91 Å². The molecule has 0 fully saturated rings. The molecule has 3 aromatic rings. The average molecular weight is 338 g/mol. The molecule has 25 heavy (non-hydrogen) atoms. The van der Waals surface area contributed by atoms with E-state index in [9.17, 15) is 9.18 Å². The van der Waals surface area contributed by atoms with Crippen molar-refractivity contribution in [2.24, 2.45) is 0 Å². The molecule has 1 N–H and O–H groups in total. The number of nitrogens with zero attached hydrogens (tertiary/aromatic N) is 1. The van der Waals surface area contributed by atoms with Crippen LogP contribution in [0.4, 0.5) is 4.39 Å². The number of amides is 1. The summed E-state index contributed by atoms with van der Waals surface area (Å²) in [7, 11) is 1.52. The van der Waals surface area contributed by atoms with Crippen LogP contribution in [0.5, 0.6) is 0 Å². The number of benzene rings is 2. The lowest BCUT2D eigenvalue weighted by Crippen LogP contribution is -2.28. The van der Waals surface area contributed by atoms with Gasteiger partial charge in [-0.15, -0.1) is 0 Å². The quantitative estimate of drug-likeness (QED) is 0.697. The normalized spacial score (nSPS) is 10.6. The second-order valence-corrected chi connectivity index (χ2v) is 5.62. The molecule has 0 radical (unpaired) electrons. The highest BCUT2D eigenvalue weighted by molar-refractivity contribution is 5.93. The molecule has 0 aliphatic rings. The number of nitrogens with one attached hydrogen (secondary N) is 1. The van der Waals surface area contributed by atoms with Crippen molar-refractivity contribution in [2.75, 3.05) is 13.8 Å². The van der Waals surface area contributed by atoms with Gasteiger partial charge in [-0.25, -0.2) is 4.39 Å². The molecule has 0 spiro atoms. The third-order valence-electron chi connectivity index (χ3n) is 3.91. The van der Waals surface area contributed by atoms with Gasteiger partial charge < -0.3 is 14.6 Å². The summed E-state index contributed by atoms with van der Waals surface area (Å²) < 4.78 is 20.0. The van der Waals surface area contributed by atoms with Gasteiger partial charge in [0.1, 0.15) is 18.2 Å². The van der Waals surface area contributed by atoms with Crippen LogP contribution in [0.15, 0.2) is 66.7 Å². The Morgan fingerprint density at radius 1 is 1.04 bits per heavy atom. The summed E-state index contributed by atoms with van der Waals surface area (Å²) in [5, 5.41) is 2.71. The Hall–Kier alpha value is -2.92. The fourth-order valence-electron chi connectivity index (χ4n) is 2.70. The van der Waals surface area contributed by atoms with Crippen molar-refractivity contribution in [1.82, 2.24) is 9.88 Å². The Morgan fingerprint density at radius 3 is 2.44 bits per heavy atom. The van der Waals surface area contributed by atoms with Crippen molar-refractivity contribution in [3.8, 4) is 11.3 Å². The highest BCUT2D eigenvalue weighted by Crippen LogP contribution is 2.24. The molecule has 1 heterocycles. The van der Waals surface area contributed by atoms with Gasteiger partial charge in [-0.3, -0.25) is 4.79 Å². The number of ether oxygens (including phenoxy) is 1. The molecule has 3 rings (SSSR count). The van der Waals surface area contributed by atoms with Gasteiger partial charge in [-0.2, -0.15) is 0 Å². The lowest BCUT2D eigenvalue weighted by atomic mass is 10.1. The van der Waals surface area contributed by atoms with Crippen molar-refractivity contribution in [3.05, 3.63) is 83.8 Å². The van der Waals surface area contributed by atoms with E-state index < -0.39 is 0 Å². The Bertz CT molecular complexity index is 842. The SMILES string of the molecule is COCNC(=O)c1ccc(-c2ccccc2)n1Cc1ccc(F)cc1. The smallest absolute Gasteiger partial charge is 0.269 e. The van der Waals surface area contributed by atoms with E-state index in [1.807, 2.05) is 41.0 Å². The van der Waals surface area contributed by atoms with Crippen LogP contribution in [0.1, 0.15) is 16.1 Å². The van der Waals surface area contributed by atoms with Crippen LogP contribution in [0.2, 0.25) is 0 Å². The van der Waals surface area contributed by atoms with Gasteiger partial charge in [0.2, 0.25) is 0 Å². The first-order valence-corrected chi connectivity index (χ1v) is 7.95. The third-order valence-corrected chi connectivity index (χ3v) is 3.91. The predicted octanol–water partition coefficient (Wildman–Crippen LogP) is 3.68. The Balaban J connectivity index is 2.00. The summed E-state index contributed by atoms with van der Waals surface area (Å²) in [6.07, 6.45) is 0. The van der Waals surface area contributed by atoms with E-state index in [1.165, 1.54) is 19.2 Å². The number of aromatic nitrogens is 1. The van der Waals surface area contributed by atoms with Gasteiger partial charge in [-0.05, 0) is 35.4 Å². The second kappa shape index (κ2) is 7.77. The van der Waals surface area contributed by atoms with E-state index in [0.717, 1.165) is 16.8 Å². The summed E-state index contributed by atoms with van der Waals surface area (Å²) in [6.45, 7) is 0.606. The molecule has 0 aliphatic heterocycles. The summed E-state index contributed by atoms with van der Waals surface area (Å²) in [5.41, 5.74) is 3.37. The molecule has 1 amide bonds. The van der Waals surface area contributed by atoms with Crippen LogP contribution in [-0.2, 0) is 11.3 Å². The zero-order valence-corrected chi connectivity index (χ0v) is 13.9. The maximum Gasteiger partial charge on any atom is 0.269 e. The fraction of sp³-hybridized carbons (Fsp3) is 0.150. The number of rotatable bonds is 6. The highest BCUT2D eigenvalue weighted by Gasteiger charge is 2.16. The van der Waals surface area contributed by atoms with Crippen LogP contribution in [0, 0.1) is 5.82 Å². The van der Waals surface area contributed by atoms with E-state index >= 15 is 0 Å². The molecule has 4 nitrogen and oxygen atoms in total. The predicted molar refractivity (Wildman–Crippen MR) is 94.7 cm³/mol. The summed E-state index contributed by atoms with van der Waals surface area (Å²) in [4.78, 5) is 12.4. The molecule has 128 valence electrons. The zero-order chi connectivity index (χ0) is 17.6. The Kier molecular flexibility index (Phi) is 5.26. The number of carbonyl (C=O) groups is 1. The standard InChI is InChI=1S/C20H19FN2O2/c1-25-14-22-20(24)19-12-11-18(16-5-3-2-4-6-16)23(19)13-15-7-9-17(21)10-8-15/h2-12H,13-14H2,1H3,(H,22,24). The largest absolute Gasteiger partial charge is 0.364 e. The summed E-state index contributed by atoms with van der Waals surface area (Å²) in [6, 6.07) is 19.8. The maximum atomic E-state index is 13.2. The van der Waals surface area contributed by atoms with Gasteiger partial charge in [0, 0.05) is 19.3 Å². The van der Waals surface area contributed by atoms with Crippen LogP contribution in [-0.4, -0.2) is 24.3 Å². The first-order chi connectivity index (χ1) is 12.2. The molecular formula is C20H19FN2O2. The summed E-state index contributed by atoms with van der Waals surface area (Å²) >= 11 is 0. The van der Waals surface area contributed by atoms with Gasteiger partial charge in [0.05, 0.1) is 0 Å². The first-order valence-electron chi connectivity index (χ1n) is 7.95. The van der Waals surface area contributed by atoms with E-state index in [2.05, 4.69) is 5.32 Å². The molecular weight excluding hydrogens is 319 g/mol. The number of hydrogen-bond acceptors (Lipinski definition) is 2. The van der Waals surface area contributed by atoms with Crippen LogP contribution in [0.25, 0.3) is 11.3 Å². The van der Waals surface area contributed by atoms with Crippen LogP contribution >= 0.6 is 0 Å². The minimum atomic E-state index is -0.280. The maximum absolute atomic E-state index is 13.2. The lowest BCUT2D eigenvalue weighted by Gasteiger charge is -2.14. The Morgan fingerprint density at radius 2 is 1.76 bits per heavy atom. The minimum absolute atomic E-state index is 0.140. The van der Waals surface area contributed by atoms with Gasteiger partial charge in [0.15, 0.2) is 0 Å². The van der Waals surface area contributed by atoms with Crippen molar-refractivity contribution in [1.29, 1.82) is 0 Å². The Labute approximate surface area is 145 Å². The van der Waals surface area contributed by atoms with Crippen LogP contribution in [0.3, 0.4) is 0 Å². The molecule has 0 saturated heterocycles. The number of methoxy groups -OCH3 is 1. The molecule has 0 saturated carbocycles. The molecule has 5 heteroatoms. The summed E-state index contributed by atoms with van der Waals surface area (Å²) in [5.74, 6) is -0.497. The van der Waals surface area contributed by atoms with Crippen molar-refractivity contribution >= 4 is 5.91 Å². The van der Waals surface area contributed by atoms with E-state index in [4.69, 9.17) is 4.74 Å². The van der Waals surface area contributed by atoms with Crippen molar-refractivity contribution in [2.45, 2.75) is 6.54 Å². The number of carbonyl (C=O) groups excluding carboxylic acids is 1. The van der Waals surface area contributed by atoms with E-state index in [0.29, 0.717) is 12.2 Å². The zero-order valence-electron chi connectivity index (χ0n) is 13.9. The van der Waals surface area contributed by atoms with Crippen molar-refractivity contribution in [3.63, 3.8) is 0 Å². The number of hydrogen-bond donors (Lipinski definition) is 1. The highest BCUT2D eigenvalue weighted by atomic mass is 19.1. The van der Waals surface area contributed by atoms with Gasteiger partial charge in [-0.1, -0.05) is 42.5 Å². The molecule has 1 aromatic heterocycles. The minimum Gasteiger partial charge on any atom is -0.364 e. The number of halogens is 1. The molecule has 0 atom stereocenters. The molecule has 0 aliphatic carbocycles.